The van der Waals surface area contributed by atoms with Gasteiger partial charge in [0.25, 0.3) is 0 Å². The van der Waals surface area contributed by atoms with Crippen molar-refractivity contribution in [3.05, 3.63) is 32.4 Å². The van der Waals surface area contributed by atoms with Crippen LogP contribution in [0.15, 0.2) is 17.5 Å². The summed E-state index contributed by atoms with van der Waals surface area (Å²) in [6.07, 6.45) is 1.91. The quantitative estimate of drug-likeness (QED) is 0.793. The molecule has 18 heavy (non-hydrogen) atoms. The lowest BCUT2D eigenvalue weighted by Gasteiger charge is -2.05. The summed E-state index contributed by atoms with van der Waals surface area (Å²) in [5.41, 5.74) is 0. The summed E-state index contributed by atoms with van der Waals surface area (Å²) in [6.45, 7) is 6.50. The topological polar surface area (TPSA) is 37.8 Å². The lowest BCUT2D eigenvalue weighted by atomic mass is 10.2. The van der Waals surface area contributed by atoms with Crippen LogP contribution in [0.2, 0.25) is 0 Å². The molecule has 0 aromatic carbocycles. The fourth-order valence-corrected chi connectivity index (χ4v) is 3.28. The van der Waals surface area contributed by atoms with Crippen LogP contribution in [0.25, 0.3) is 0 Å². The highest BCUT2D eigenvalue weighted by Crippen LogP contribution is 2.18. The number of nitrogens with zero attached hydrogens (tertiary/aromatic N) is 2. The minimum atomic E-state index is 0.703. The SMILES string of the molecule is CC(C)CNCCc1nnc(Cc2cccs2)s1. The lowest BCUT2D eigenvalue weighted by molar-refractivity contribution is 0.553. The molecular weight excluding hydrogens is 262 g/mol. The number of aromatic nitrogens is 2. The molecule has 0 unspecified atom stereocenters. The van der Waals surface area contributed by atoms with Gasteiger partial charge in [-0.1, -0.05) is 19.9 Å². The molecule has 2 rings (SSSR count). The molecule has 98 valence electrons. The fourth-order valence-electron chi connectivity index (χ4n) is 1.61. The van der Waals surface area contributed by atoms with Crippen molar-refractivity contribution in [2.45, 2.75) is 26.7 Å². The normalized spacial score (nSPS) is 11.3. The summed E-state index contributed by atoms with van der Waals surface area (Å²) in [7, 11) is 0. The van der Waals surface area contributed by atoms with Crippen molar-refractivity contribution in [2.24, 2.45) is 5.92 Å². The van der Waals surface area contributed by atoms with Gasteiger partial charge in [0.1, 0.15) is 10.0 Å². The molecule has 0 aliphatic heterocycles. The molecule has 0 bridgehead atoms. The van der Waals surface area contributed by atoms with Gasteiger partial charge in [-0.05, 0) is 23.9 Å². The molecule has 3 nitrogen and oxygen atoms in total. The minimum absolute atomic E-state index is 0.703. The van der Waals surface area contributed by atoms with E-state index in [0.29, 0.717) is 5.92 Å². The van der Waals surface area contributed by atoms with E-state index in [1.165, 1.54) is 4.88 Å². The predicted molar refractivity (Wildman–Crippen MR) is 78.4 cm³/mol. The van der Waals surface area contributed by atoms with Crippen LogP contribution >= 0.6 is 22.7 Å². The second kappa shape index (κ2) is 6.97. The van der Waals surface area contributed by atoms with E-state index in [1.54, 1.807) is 22.7 Å². The molecule has 2 aromatic rings. The van der Waals surface area contributed by atoms with Gasteiger partial charge in [0.15, 0.2) is 0 Å². The Morgan fingerprint density at radius 2 is 2.11 bits per heavy atom. The van der Waals surface area contributed by atoms with E-state index < -0.39 is 0 Å². The van der Waals surface area contributed by atoms with Gasteiger partial charge in [-0.3, -0.25) is 0 Å². The van der Waals surface area contributed by atoms with Crippen LogP contribution in [0.1, 0.15) is 28.7 Å². The third-order valence-electron chi connectivity index (χ3n) is 2.48. The Labute approximate surface area is 116 Å². The summed E-state index contributed by atoms with van der Waals surface area (Å²) in [4.78, 5) is 1.36. The number of rotatable bonds is 7. The Kier molecular flexibility index (Phi) is 5.28. The van der Waals surface area contributed by atoms with Crippen LogP contribution in [0, 0.1) is 5.92 Å². The lowest BCUT2D eigenvalue weighted by Crippen LogP contribution is -2.22. The van der Waals surface area contributed by atoms with Crippen molar-refractivity contribution in [3.63, 3.8) is 0 Å². The number of hydrogen-bond acceptors (Lipinski definition) is 5. The Balaban J connectivity index is 1.76. The van der Waals surface area contributed by atoms with Gasteiger partial charge in [-0.25, -0.2) is 0 Å². The highest BCUT2D eigenvalue weighted by Gasteiger charge is 2.05. The minimum Gasteiger partial charge on any atom is -0.316 e. The third kappa shape index (κ3) is 4.48. The Bertz CT molecular complexity index is 449. The van der Waals surface area contributed by atoms with Gasteiger partial charge in [-0.15, -0.1) is 32.9 Å². The molecule has 0 spiro atoms. The first-order valence-electron chi connectivity index (χ1n) is 6.28. The van der Waals surface area contributed by atoms with Crippen molar-refractivity contribution < 1.29 is 0 Å². The van der Waals surface area contributed by atoms with E-state index in [2.05, 4.69) is 46.9 Å². The van der Waals surface area contributed by atoms with Gasteiger partial charge < -0.3 is 5.32 Å². The van der Waals surface area contributed by atoms with E-state index >= 15 is 0 Å². The molecule has 5 heteroatoms. The van der Waals surface area contributed by atoms with E-state index in [0.717, 1.165) is 35.9 Å². The van der Waals surface area contributed by atoms with Gasteiger partial charge in [0.05, 0.1) is 0 Å². The summed E-state index contributed by atoms with van der Waals surface area (Å²) in [6, 6.07) is 4.23. The zero-order valence-corrected chi connectivity index (χ0v) is 12.5. The molecule has 0 saturated heterocycles. The molecule has 0 fully saturated rings. The second-order valence-corrected chi connectivity index (χ2v) is 6.87. The summed E-state index contributed by atoms with van der Waals surface area (Å²) in [5.74, 6) is 0.703. The van der Waals surface area contributed by atoms with Crippen molar-refractivity contribution in [2.75, 3.05) is 13.1 Å². The van der Waals surface area contributed by atoms with Gasteiger partial charge in [-0.2, -0.15) is 0 Å². The maximum Gasteiger partial charge on any atom is 0.122 e. The molecule has 0 saturated carbocycles. The highest BCUT2D eigenvalue weighted by atomic mass is 32.1. The fraction of sp³-hybridized carbons (Fsp3) is 0.538. The largest absolute Gasteiger partial charge is 0.316 e. The number of hydrogen-bond donors (Lipinski definition) is 1. The standard InChI is InChI=1S/C13H19N3S2/c1-10(2)9-14-6-5-12-15-16-13(18-12)8-11-4-3-7-17-11/h3-4,7,10,14H,5-6,8-9H2,1-2H3. The van der Waals surface area contributed by atoms with Crippen molar-refractivity contribution >= 4 is 22.7 Å². The molecule has 2 heterocycles. The molecule has 2 aromatic heterocycles. The molecule has 0 aliphatic carbocycles. The van der Waals surface area contributed by atoms with Crippen molar-refractivity contribution in [1.29, 1.82) is 0 Å². The molecule has 1 N–H and O–H groups in total. The first kappa shape index (κ1) is 13.6. The van der Waals surface area contributed by atoms with E-state index in [1.807, 2.05) is 0 Å². The average Bonchev–Trinajstić information content (AvgIpc) is 2.97. The zero-order chi connectivity index (χ0) is 12.8. The summed E-state index contributed by atoms with van der Waals surface area (Å²) in [5, 5.41) is 16.3. The molecule has 0 radical (unpaired) electrons. The van der Waals surface area contributed by atoms with Crippen molar-refractivity contribution in [1.82, 2.24) is 15.5 Å². The van der Waals surface area contributed by atoms with E-state index in [4.69, 9.17) is 0 Å². The molecule has 0 aliphatic rings. The number of nitrogens with one attached hydrogen (secondary N) is 1. The molecule has 0 atom stereocenters. The zero-order valence-electron chi connectivity index (χ0n) is 10.8. The van der Waals surface area contributed by atoms with E-state index in [-0.39, 0.29) is 0 Å². The van der Waals surface area contributed by atoms with Crippen LogP contribution in [-0.4, -0.2) is 23.3 Å². The van der Waals surface area contributed by atoms with Gasteiger partial charge >= 0.3 is 0 Å². The Morgan fingerprint density at radius 1 is 1.28 bits per heavy atom. The maximum atomic E-state index is 4.25. The summed E-state index contributed by atoms with van der Waals surface area (Å²) >= 11 is 3.51. The smallest absolute Gasteiger partial charge is 0.122 e. The number of thiophene rings is 1. The van der Waals surface area contributed by atoms with Crippen LogP contribution in [0.5, 0.6) is 0 Å². The summed E-state index contributed by atoms with van der Waals surface area (Å²) < 4.78 is 0. The Hall–Kier alpha value is -0.780. The van der Waals surface area contributed by atoms with Gasteiger partial charge in [0.2, 0.25) is 0 Å². The Morgan fingerprint density at radius 3 is 2.83 bits per heavy atom. The first-order valence-corrected chi connectivity index (χ1v) is 7.98. The highest BCUT2D eigenvalue weighted by molar-refractivity contribution is 7.12. The van der Waals surface area contributed by atoms with Crippen LogP contribution in [-0.2, 0) is 12.8 Å². The van der Waals surface area contributed by atoms with Crippen LogP contribution < -0.4 is 5.32 Å². The third-order valence-corrected chi connectivity index (χ3v) is 4.34. The van der Waals surface area contributed by atoms with E-state index in [9.17, 15) is 0 Å². The second-order valence-electron chi connectivity index (χ2n) is 4.69. The average molecular weight is 281 g/mol. The van der Waals surface area contributed by atoms with Crippen LogP contribution in [0.3, 0.4) is 0 Å². The van der Waals surface area contributed by atoms with Crippen molar-refractivity contribution in [3.8, 4) is 0 Å². The predicted octanol–water partition coefficient (Wildman–Crippen LogP) is 2.98. The molecule has 0 amide bonds. The molecular formula is C13H19N3S2. The van der Waals surface area contributed by atoms with Crippen LogP contribution in [0.4, 0.5) is 0 Å². The van der Waals surface area contributed by atoms with Gasteiger partial charge in [0, 0.05) is 24.3 Å². The maximum absolute atomic E-state index is 4.25. The first-order chi connectivity index (χ1) is 8.74. The monoisotopic (exact) mass is 281 g/mol.